The van der Waals surface area contributed by atoms with Gasteiger partial charge in [0.25, 0.3) is 0 Å². The van der Waals surface area contributed by atoms with Gasteiger partial charge in [0.2, 0.25) is 5.91 Å². The number of thioether (sulfide) groups is 1. The SMILES string of the molecule is COC(=O)c1ccc(CSC2NC(=O)C3CNN(Cc4cccc(Cl)c4)C3N2)cc1. The zero-order valence-corrected chi connectivity index (χ0v) is 18.0. The number of esters is 1. The van der Waals surface area contributed by atoms with Crippen LogP contribution in [0.15, 0.2) is 48.5 Å². The number of nitrogens with one attached hydrogen (secondary N) is 3. The molecule has 0 saturated carbocycles. The number of halogens is 1. The van der Waals surface area contributed by atoms with Crippen molar-refractivity contribution in [2.75, 3.05) is 13.7 Å². The summed E-state index contributed by atoms with van der Waals surface area (Å²) in [5, 5.41) is 9.33. The lowest BCUT2D eigenvalue weighted by atomic mass is 10.1. The Balaban J connectivity index is 1.36. The van der Waals surface area contributed by atoms with Crippen molar-refractivity contribution in [2.24, 2.45) is 5.92 Å². The van der Waals surface area contributed by atoms with E-state index in [1.165, 1.54) is 7.11 Å². The lowest BCUT2D eigenvalue weighted by Crippen LogP contribution is -2.62. The maximum absolute atomic E-state index is 12.6. The number of nitrogens with zero attached hydrogens (tertiary/aromatic N) is 1. The van der Waals surface area contributed by atoms with Gasteiger partial charge in [-0.1, -0.05) is 35.9 Å². The van der Waals surface area contributed by atoms with Gasteiger partial charge in [-0.2, -0.15) is 0 Å². The highest BCUT2D eigenvalue weighted by atomic mass is 35.5. The first-order valence-electron chi connectivity index (χ1n) is 9.63. The van der Waals surface area contributed by atoms with Gasteiger partial charge >= 0.3 is 5.97 Å². The van der Waals surface area contributed by atoms with Gasteiger partial charge in [0.05, 0.1) is 24.8 Å². The average molecular weight is 447 g/mol. The fraction of sp³-hybridized carbons (Fsp3) is 0.333. The van der Waals surface area contributed by atoms with E-state index in [-0.39, 0.29) is 29.5 Å². The van der Waals surface area contributed by atoms with E-state index >= 15 is 0 Å². The molecule has 0 bridgehead atoms. The Morgan fingerprint density at radius 2 is 2.03 bits per heavy atom. The molecule has 158 valence electrons. The molecule has 3 N–H and O–H groups in total. The second kappa shape index (κ2) is 9.36. The molecule has 0 spiro atoms. The topological polar surface area (TPSA) is 82.7 Å². The minimum Gasteiger partial charge on any atom is -0.465 e. The van der Waals surface area contributed by atoms with E-state index < -0.39 is 0 Å². The summed E-state index contributed by atoms with van der Waals surface area (Å²) >= 11 is 7.70. The van der Waals surface area contributed by atoms with Crippen molar-refractivity contribution in [1.29, 1.82) is 0 Å². The van der Waals surface area contributed by atoms with Crippen molar-refractivity contribution in [3.8, 4) is 0 Å². The molecule has 2 aromatic rings. The normalized spacial score (nSPS) is 23.7. The Hall–Kier alpha value is -2.10. The second-order valence-corrected chi connectivity index (χ2v) is 8.76. The maximum Gasteiger partial charge on any atom is 0.337 e. The van der Waals surface area contributed by atoms with Crippen LogP contribution in [-0.4, -0.2) is 42.2 Å². The van der Waals surface area contributed by atoms with Gasteiger partial charge in [-0.25, -0.2) is 9.80 Å². The molecule has 2 heterocycles. The van der Waals surface area contributed by atoms with E-state index in [4.69, 9.17) is 16.3 Å². The Morgan fingerprint density at radius 3 is 2.77 bits per heavy atom. The predicted octanol–water partition coefficient (Wildman–Crippen LogP) is 2.33. The summed E-state index contributed by atoms with van der Waals surface area (Å²) in [5.41, 5.74) is 5.78. The molecule has 2 aliphatic rings. The monoisotopic (exact) mass is 446 g/mol. The molecule has 7 nitrogen and oxygen atoms in total. The van der Waals surface area contributed by atoms with Crippen molar-refractivity contribution in [3.63, 3.8) is 0 Å². The highest BCUT2D eigenvalue weighted by molar-refractivity contribution is 7.99. The van der Waals surface area contributed by atoms with Crippen LogP contribution >= 0.6 is 23.4 Å². The average Bonchev–Trinajstić information content (AvgIpc) is 3.15. The largest absolute Gasteiger partial charge is 0.465 e. The summed E-state index contributed by atoms with van der Waals surface area (Å²) in [7, 11) is 1.37. The number of hydrogen-bond acceptors (Lipinski definition) is 7. The fourth-order valence-corrected chi connectivity index (χ4v) is 4.83. The minimum absolute atomic E-state index is 0.0402. The first-order valence-corrected chi connectivity index (χ1v) is 11.1. The molecule has 0 aliphatic carbocycles. The molecule has 3 atom stereocenters. The van der Waals surface area contributed by atoms with E-state index in [2.05, 4.69) is 21.1 Å². The molecule has 0 aromatic heterocycles. The Morgan fingerprint density at radius 1 is 1.23 bits per heavy atom. The van der Waals surface area contributed by atoms with E-state index in [1.54, 1.807) is 23.9 Å². The highest BCUT2D eigenvalue weighted by Gasteiger charge is 2.43. The number of benzene rings is 2. The number of methoxy groups -OCH3 is 1. The summed E-state index contributed by atoms with van der Waals surface area (Å²) in [6.45, 7) is 1.24. The van der Waals surface area contributed by atoms with Crippen LogP contribution < -0.4 is 16.1 Å². The fourth-order valence-electron chi connectivity index (χ4n) is 3.63. The first-order chi connectivity index (χ1) is 14.5. The number of carbonyl (C=O) groups is 2. The molecule has 1 amide bonds. The van der Waals surface area contributed by atoms with Crippen LogP contribution in [-0.2, 0) is 21.8 Å². The third kappa shape index (κ3) is 4.79. The van der Waals surface area contributed by atoms with Gasteiger partial charge in [-0.3, -0.25) is 15.5 Å². The summed E-state index contributed by atoms with van der Waals surface area (Å²) in [5.74, 6) is 0.229. The van der Waals surface area contributed by atoms with Crippen molar-refractivity contribution < 1.29 is 14.3 Å². The lowest BCUT2D eigenvalue weighted by molar-refractivity contribution is -0.128. The number of ether oxygens (including phenoxy) is 1. The van der Waals surface area contributed by atoms with Gasteiger partial charge in [-0.05, 0) is 35.4 Å². The van der Waals surface area contributed by atoms with E-state index in [9.17, 15) is 9.59 Å². The van der Waals surface area contributed by atoms with Gasteiger partial charge in [0, 0.05) is 23.9 Å². The van der Waals surface area contributed by atoms with Crippen molar-refractivity contribution in [3.05, 3.63) is 70.2 Å². The van der Waals surface area contributed by atoms with E-state index in [1.807, 2.05) is 36.4 Å². The minimum atomic E-state index is -0.352. The number of carbonyl (C=O) groups excluding carboxylic acids is 2. The standard InChI is InChI=1S/C21H23ClN4O3S/c1-29-20(28)15-7-5-13(6-8-15)12-30-21-24-18-17(19(27)25-21)10-23-26(18)11-14-3-2-4-16(22)9-14/h2-9,17-18,21,23-24H,10-12H2,1H3,(H,25,27). The molecule has 2 fully saturated rings. The number of fused-ring (bicyclic) bond motifs is 1. The van der Waals surface area contributed by atoms with Gasteiger partial charge in [0.1, 0.15) is 5.50 Å². The van der Waals surface area contributed by atoms with Crippen LogP contribution in [0.3, 0.4) is 0 Å². The van der Waals surface area contributed by atoms with Crippen molar-refractivity contribution in [1.82, 2.24) is 21.1 Å². The highest BCUT2D eigenvalue weighted by Crippen LogP contribution is 2.26. The van der Waals surface area contributed by atoms with Crippen molar-refractivity contribution in [2.45, 2.75) is 24.0 Å². The summed E-state index contributed by atoms with van der Waals surface area (Å²) in [6, 6.07) is 15.0. The molecule has 3 unspecified atom stereocenters. The third-order valence-electron chi connectivity index (χ3n) is 5.20. The number of hydrazine groups is 1. The summed E-state index contributed by atoms with van der Waals surface area (Å²) in [4.78, 5) is 24.1. The molecular weight excluding hydrogens is 424 g/mol. The molecule has 30 heavy (non-hydrogen) atoms. The molecule has 0 radical (unpaired) electrons. The van der Waals surface area contributed by atoms with Crippen LogP contribution in [0.25, 0.3) is 0 Å². The van der Waals surface area contributed by atoms with Crippen molar-refractivity contribution >= 4 is 35.2 Å². The molecular formula is C21H23ClN4O3S. The third-order valence-corrected chi connectivity index (χ3v) is 6.52. The second-order valence-electron chi connectivity index (χ2n) is 7.23. The molecule has 2 saturated heterocycles. The smallest absolute Gasteiger partial charge is 0.337 e. The zero-order chi connectivity index (χ0) is 21.1. The zero-order valence-electron chi connectivity index (χ0n) is 16.4. The van der Waals surface area contributed by atoms with Crippen LogP contribution in [0, 0.1) is 5.92 Å². The molecule has 2 aliphatic heterocycles. The Bertz CT molecular complexity index is 927. The summed E-state index contributed by atoms with van der Waals surface area (Å²) < 4.78 is 4.72. The lowest BCUT2D eigenvalue weighted by Gasteiger charge is -2.36. The number of hydrogen-bond donors (Lipinski definition) is 3. The van der Waals surface area contributed by atoms with Gasteiger partial charge in [0.15, 0.2) is 0 Å². The van der Waals surface area contributed by atoms with Gasteiger partial charge in [-0.15, -0.1) is 11.8 Å². The van der Waals surface area contributed by atoms with Crippen LogP contribution in [0.1, 0.15) is 21.5 Å². The maximum atomic E-state index is 12.6. The first kappa shape index (κ1) is 21.1. The predicted molar refractivity (Wildman–Crippen MR) is 116 cm³/mol. The molecule has 9 heteroatoms. The molecule has 2 aromatic carbocycles. The van der Waals surface area contributed by atoms with E-state index in [0.717, 1.165) is 11.1 Å². The number of rotatable bonds is 6. The quantitative estimate of drug-likeness (QED) is 0.587. The van der Waals surface area contributed by atoms with Crippen LogP contribution in [0.5, 0.6) is 0 Å². The Labute approximate surface area is 184 Å². The van der Waals surface area contributed by atoms with Crippen LogP contribution in [0.4, 0.5) is 0 Å². The summed E-state index contributed by atoms with van der Waals surface area (Å²) in [6.07, 6.45) is -0.100. The van der Waals surface area contributed by atoms with E-state index in [0.29, 0.717) is 29.4 Å². The Kier molecular flexibility index (Phi) is 6.60. The molecule has 4 rings (SSSR count). The number of amides is 1. The van der Waals surface area contributed by atoms with Gasteiger partial charge < -0.3 is 10.1 Å². The van der Waals surface area contributed by atoms with Crippen LogP contribution in [0.2, 0.25) is 5.02 Å².